The van der Waals surface area contributed by atoms with Gasteiger partial charge in [-0.2, -0.15) is 0 Å². The topological polar surface area (TPSA) is 43.1 Å². The summed E-state index contributed by atoms with van der Waals surface area (Å²) in [5.41, 5.74) is 1.10. The number of alkyl halides is 1. The highest BCUT2D eigenvalue weighted by molar-refractivity contribution is 6.18. The first-order chi connectivity index (χ1) is 7.22. The van der Waals surface area contributed by atoms with Crippen molar-refractivity contribution >= 4 is 28.1 Å². The number of hydrogen-bond acceptors (Lipinski definition) is 2. The van der Waals surface area contributed by atoms with Crippen molar-refractivity contribution in [2.75, 3.05) is 0 Å². The number of non-ortho nitro benzene ring substituents is 1. The summed E-state index contributed by atoms with van der Waals surface area (Å²) in [6.45, 7) is 0. The number of halogens is 1. The Labute approximate surface area is 91.4 Å². The molecule has 76 valence electrons. The second-order valence-electron chi connectivity index (χ2n) is 3.21. The lowest BCUT2D eigenvalue weighted by Crippen LogP contribution is -1.88. The zero-order valence-electron chi connectivity index (χ0n) is 7.81. The van der Waals surface area contributed by atoms with E-state index in [9.17, 15) is 10.1 Å². The van der Waals surface area contributed by atoms with E-state index < -0.39 is 4.92 Å². The molecular weight excluding hydrogens is 214 g/mol. The van der Waals surface area contributed by atoms with Crippen molar-refractivity contribution < 1.29 is 4.92 Å². The van der Waals surface area contributed by atoms with Crippen LogP contribution in [0.2, 0.25) is 0 Å². The van der Waals surface area contributed by atoms with Crippen LogP contribution in [0.1, 0.15) is 5.56 Å². The van der Waals surface area contributed by atoms with Crippen LogP contribution in [0.4, 0.5) is 5.69 Å². The van der Waals surface area contributed by atoms with Gasteiger partial charge in [0.1, 0.15) is 0 Å². The van der Waals surface area contributed by atoms with E-state index in [-0.39, 0.29) is 5.69 Å². The van der Waals surface area contributed by atoms with Crippen LogP contribution in [-0.4, -0.2) is 4.92 Å². The number of nitrogens with zero attached hydrogens (tertiary/aromatic N) is 1. The van der Waals surface area contributed by atoms with Gasteiger partial charge < -0.3 is 0 Å². The molecule has 0 aromatic heterocycles. The van der Waals surface area contributed by atoms with Crippen LogP contribution in [0.25, 0.3) is 10.8 Å². The maximum atomic E-state index is 10.6. The maximum Gasteiger partial charge on any atom is 0.270 e. The highest BCUT2D eigenvalue weighted by atomic mass is 35.5. The SMILES string of the molecule is O=[N+]([O-])c1ccc2c(CCl)cccc2c1. The molecule has 0 spiro atoms. The van der Waals surface area contributed by atoms with E-state index in [2.05, 4.69) is 0 Å². The van der Waals surface area contributed by atoms with E-state index in [0.717, 1.165) is 16.3 Å². The van der Waals surface area contributed by atoms with E-state index >= 15 is 0 Å². The number of nitro groups is 1. The van der Waals surface area contributed by atoms with Gasteiger partial charge in [0.15, 0.2) is 0 Å². The standard InChI is InChI=1S/C11H8ClNO2/c12-7-9-3-1-2-8-6-10(13(14)15)4-5-11(8)9/h1-6H,7H2. The molecule has 0 atom stereocenters. The van der Waals surface area contributed by atoms with E-state index in [4.69, 9.17) is 11.6 Å². The molecule has 0 aliphatic rings. The van der Waals surface area contributed by atoms with Crippen molar-refractivity contribution in [2.45, 2.75) is 5.88 Å². The largest absolute Gasteiger partial charge is 0.270 e. The molecule has 15 heavy (non-hydrogen) atoms. The van der Waals surface area contributed by atoms with E-state index in [1.807, 2.05) is 18.2 Å². The Morgan fingerprint density at radius 2 is 2.07 bits per heavy atom. The van der Waals surface area contributed by atoms with Crippen LogP contribution >= 0.6 is 11.6 Å². The van der Waals surface area contributed by atoms with Gasteiger partial charge in [0.2, 0.25) is 0 Å². The highest BCUT2D eigenvalue weighted by Crippen LogP contribution is 2.24. The Balaban J connectivity index is 2.69. The van der Waals surface area contributed by atoms with Gasteiger partial charge in [-0.3, -0.25) is 10.1 Å². The number of benzene rings is 2. The van der Waals surface area contributed by atoms with Gasteiger partial charge >= 0.3 is 0 Å². The minimum Gasteiger partial charge on any atom is -0.258 e. The van der Waals surface area contributed by atoms with Gasteiger partial charge in [0.25, 0.3) is 5.69 Å². The Morgan fingerprint density at radius 3 is 2.73 bits per heavy atom. The molecule has 2 aromatic carbocycles. The fraction of sp³-hybridized carbons (Fsp3) is 0.0909. The van der Waals surface area contributed by atoms with Crippen LogP contribution in [-0.2, 0) is 5.88 Å². The monoisotopic (exact) mass is 221 g/mol. The second-order valence-corrected chi connectivity index (χ2v) is 3.48. The molecule has 0 heterocycles. The number of hydrogen-bond donors (Lipinski definition) is 0. The van der Waals surface area contributed by atoms with Crippen molar-refractivity contribution in [3.05, 3.63) is 52.1 Å². The van der Waals surface area contributed by atoms with Gasteiger partial charge in [-0.25, -0.2) is 0 Å². The molecule has 0 aliphatic heterocycles. The van der Waals surface area contributed by atoms with Gasteiger partial charge in [-0.05, 0) is 22.4 Å². The quantitative estimate of drug-likeness (QED) is 0.443. The zero-order valence-corrected chi connectivity index (χ0v) is 8.57. The molecule has 0 fully saturated rings. The first kappa shape index (κ1) is 9.93. The predicted molar refractivity (Wildman–Crippen MR) is 60.2 cm³/mol. The predicted octanol–water partition coefficient (Wildman–Crippen LogP) is 3.49. The smallest absolute Gasteiger partial charge is 0.258 e. The van der Waals surface area contributed by atoms with Crippen molar-refractivity contribution in [3.63, 3.8) is 0 Å². The molecule has 2 aromatic rings. The highest BCUT2D eigenvalue weighted by Gasteiger charge is 2.07. The third-order valence-corrected chi connectivity index (χ3v) is 2.60. The minimum atomic E-state index is -0.396. The molecule has 4 heteroatoms. The molecule has 0 radical (unpaired) electrons. The lowest BCUT2D eigenvalue weighted by molar-refractivity contribution is -0.384. The summed E-state index contributed by atoms with van der Waals surface area (Å²) in [5, 5.41) is 12.4. The summed E-state index contributed by atoms with van der Waals surface area (Å²) in [7, 11) is 0. The molecule has 2 rings (SSSR count). The first-order valence-corrected chi connectivity index (χ1v) is 4.98. The third kappa shape index (κ3) is 1.78. The molecule has 0 saturated heterocycles. The van der Waals surface area contributed by atoms with Crippen molar-refractivity contribution in [3.8, 4) is 0 Å². The maximum absolute atomic E-state index is 10.6. The molecular formula is C11H8ClNO2. The zero-order chi connectivity index (χ0) is 10.8. The van der Waals surface area contributed by atoms with Crippen molar-refractivity contribution in [2.24, 2.45) is 0 Å². The van der Waals surface area contributed by atoms with Crippen molar-refractivity contribution in [1.82, 2.24) is 0 Å². The fourth-order valence-electron chi connectivity index (χ4n) is 1.57. The fourth-order valence-corrected chi connectivity index (χ4v) is 1.80. The van der Waals surface area contributed by atoms with E-state index in [1.54, 1.807) is 12.1 Å². The summed E-state index contributed by atoms with van der Waals surface area (Å²) in [5.74, 6) is 0.412. The van der Waals surface area contributed by atoms with Crippen LogP contribution in [0.3, 0.4) is 0 Å². The van der Waals surface area contributed by atoms with E-state index in [0.29, 0.717) is 5.88 Å². The second kappa shape index (κ2) is 3.87. The van der Waals surface area contributed by atoms with Gasteiger partial charge in [-0.15, -0.1) is 11.6 Å². The lowest BCUT2D eigenvalue weighted by atomic mass is 10.1. The molecule has 0 bridgehead atoms. The number of fused-ring (bicyclic) bond motifs is 1. The average molecular weight is 222 g/mol. The van der Waals surface area contributed by atoms with Crippen LogP contribution < -0.4 is 0 Å². The molecule has 0 N–H and O–H groups in total. The van der Waals surface area contributed by atoms with Crippen LogP contribution in [0, 0.1) is 10.1 Å². The van der Waals surface area contributed by atoms with Crippen LogP contribution in [0.15, 0.2) is 36.4 Å². The summed E-state index contributed by atoms with van der Waals surface area (Å²) < 4.78 is 0. The summed E-state index contributed by atoms with van der Waals surface area (Å²) >= 11 is 5.77. The number of nitro benzene ring substituents is 1. The van der Waals surface area contributed by atoms with Crippen molar-refractivity contribution in [1.29, 1.82) is 0 Å². The molecule has 0 aliphatic carbocycles. The molecule has 0 amide bonds. The van der Waals surface area contributed by atoms with E-state index in [1.165, 1.54) is 6.07 Å². The summed E-state index contributed by atoms with van der Waals surface area (Å²) in [4.78, 5) is 10.2. The number of rotatable bonds is 2. The third-order valence-electron chi connectivity index (χ3n) is 2.31. The van der Waals surface area contributed by atoms with Crippen LogP contribution in [0.5, 0.6) is 0 Å². The summed E-state index contributed by atoms with van der Waals surface area (Å²) in [6.07, 6.45) is 0. The Kier molecular flexibility index (Phi) is 2.56. The van der Waals surface area contributed by atoms with Gasteiger partial charge in [0, 0.05) is 18.0 Å². The van der Waals surface area contributed by atoms with Gasteiger partial charge in [-0.1, -0.05) is 18.2 Å². The Bertz CT molecular complexity index is 525. The molecule has 0 unspecified atom stereocenters. The van der Waals surface area contributed by atoms with Gasteiger partial charge in [0.05, 0.1) is 4.92 Å². The Hall–Kier alpha value is -1.61. The molecule has 0 saturated carbocycles. The Morgan fingerprint density at radius 1 is 1.27 bits per heavy atom. The lowest BCUT2D eigenvalue weighted by Gasteiger charge is -2.02. The average Bonchev–Trinajstić information content (AvgIpc) is 2.27. The normalized spacial score (nSPS) is 10.5. The molecule has 3 nitrogen and oxygen atoms in total. The summed E-state index contributed by atoms with van der Waals surface area (Å²) in [6, 6.07) is 10.4. The first-order valence-electron chi connectivity index (χ1n) is 4.44. The minimum absolute atomic E-state index is 0.106.